The Labute approximate surface area is 82.8 Å². The molecule has 72 valence electrons. The quantitative estimate of drug-likeness (QED) is 0.790. The van der Waals surface area contributed by atoms with Gasteiger partial charge in [0.25, 0.3) is 0 Å². The molecule has 0 amide bonds. The van der Waals surface area contributed by atoms with Crippen molar-refractivity contribution in [2.24, 2.45) is 0 Å². The minimum absolute atomic E-state index is 0.00199. The molecule has 0 unspecified atom stereocenters. The first-order valence-corrected chi connectivity index (χ1v) is 4.58. The minimum Gasteiger partial charge on any atom is -0.476 e. The van der Waals surface area contributed by atoms with Crippen LogP contribution in [-0.4, -0.2) is 31.1 Å². The van der Waals surface area contributed by atoms with Crippen LogP contribution in [0, 0.1) is 6.92 Å². The fourth-order valence-electron chi connectivity index (χ4n) is 0.923. The van der Waals surface area contributed by atoms with Crippen molar-refractivity contribution in [3.63, 3.8) is 0 Å². The molecule has 6 nitrogen and oxygen atoms in total. The van der Waals surface area contributed by atoms with Gasteiger partial charge in [0.2, 0.25) is 5.13 Å². The molecule has 0 saturated heterocycles. The van der Waals surface area contributed by atoms with Crippen molar-refractivity contribution < 1.29 is 9.90 Å². The van der Waals surface area contributed by atoms with Crippen LogP contribution in [0.1, 0.15) is 15.5 Å². The van der Waals surface area contributed by atoms with Crippen molar-refractivity contribution in [2.45, 2.75) is 6.92 Å². The maximum absolute atomic E-state index is 10.5. The molecule has 0 aliphatic carbocycles. The number of aromatic carboxylic acids is 1. The van der Waals surface area contributed by atoms with Crippen LogP contribution in [0.25, 0.3) is 5.13 Å². The van der Waals surface area contributed by atoms with E-state index in [1.807, 2.05) is 6.92 Å². The average Bonchev–Trinajstić information content (AvgIpc) is 2.70. The standard InChI is InChI=1S/C7H6N4O2S/c1-4-8-9-7(14-4)11-3-2-5(10-11)6(12)13/h2-3H,1H3,(H,12,13). The monoisotopic (exact) mass is 210 g/mol. The zero-order chi connectivity index (χ0) is 10.1. The normalized spacial score (nSPS) is 10.4. The number of carboxylic acid groups (broad SMARTS) is 1. The molecule has 0 aliphatic heterocycles. The van der Waals surface area contributed by atoms with E-state index in [-0.39, 0.29) is 5.69 Å². The van der Waals surface area contributed by atoms with Crippen molar-refractivity contribution >= 4 is 17.3 Å². The molecule has 0 atom stereocenters. The van der Waals surface area contributed by atoms with E-state index in [0.29, 0.717) is 5.13 Å². The van der Waals surface area contributed by atoms with Crippen LogP contribution in [0.3, 0.4) is 0 Å². The van der Waals surface area contributed by atoms with Gasteiger partial charge in [0.05, 0.1) is 0 Å². The van der Waals surface area contributed by atoms with Gasteiger partial charge in [-0.25, -0.2) is 9.48 Å². The van der Waals surface area contributed by atoms with Crippen LogP contribution in [0.5, 0.6) is 0 Å². The third kappa shape index (κ3) is 1.49. The summed E-state index contributed by atoms with van der Waals surface area (Å²) in [5.41, 5.74) is -0.00199. The van der Waals surface area contributed by atoms with E-state index in [9.17, 15) is 4.79 Å². The lowest BCUT2D eigenvalue weighted by Crippen LogP contribution is -2.00. The second-order valence-corrected chi connectivity index (χ2v) is 3.71. The third-order valence-electron chi connectivity index (χ3n) is 1.52. The molecule has 2 heterocycles. The Hall–Kier alpha value is -1.76. The molecule has 0 saturated carbocycles. The molecule has 0 radical (unpaired) electrons. The van der Waals surface area contributed by atoms with Gasteiger partial charge in [0.1, 0.15) is 5.01 Å². The second-order valence-electron chi connectivity index (χ2n) is 2.55. The summed E-state index contributed by atoms with van der Waals surface area (Å²) in [6, 6.07) is 1.42. The van der Waals surface area contributed by atoms with E-state index >= 15 is 0 Å². The van der Waals surface area contributed by atoms with Crippen molar-refractivity contribution in [1.82, 2.24) is 20.0 Å². The van der Waals surface area contributed by atoms with Crippen LogP contribution >= 0.6 is 11.3 Å². The summed E-state index contributed by atoms with van der Waals surface area (Å²) in [7, 11) is 0. The predicted molar refractivity (Wildman–Crippen MR) is 48.7 cm³/mol. The summed E-state index contributed by atoms with van der Waals surface area (Å²) in [6.45, 7) is 1.82. The highest BCUT2D eigenvalue weighted by atomic mass is 32.1. The number of nitrogens with zero attached hydrogens (tertiary/aromatic N) is 4. The van der Waals surface area contributed by atoms with E-state index in [2.05, 4.69) is 15.3 Å². The highest BCUT2D eigenvalue weighted by Gasteiger charge is 2.09. The van der Waals surface area contributed by atoms with Gasteiger partial charge in [0, 0.05) is 6.20 Å². The first kappa shape index (κ1) is 8.82. The molecule has 2 aromatic rings. The Bertz CT molecular complexity index is 475. The summed E-state index contributed by atoms with van der Waals surface area (Å²) in [4.78, 5) is 10.5. The first-order valence-electron chi connectivity index (χ1n) is 3.76. The van der Waals surface area contributed by atoms with Gasteiger partial charge in [-0.2, -0.15) is 5.10 Å². The molecule has 0 fully saturated rings. The summed E-state index contributed by atoms with van der Waals surface area (Å²) in [5, 5.41) is 21.5. The molecule has 0 spiro atoms. The lowest BCUT2D eigenvalue weighted by molar-refractivity contribution is 0.0690. The molecule has 0 bridgehead atoms. The molecular weight excluding hydrogens is 204 g/mol. The zero-order valence-electron chi connectivity index (χ0n) is 7.21. The Morgan fingerprint density at radius 2 is 2.36 bits per heavy atom. The average molecular weight is 210 g/mol. The largest absolute Gasteiger partial charge is 0.476 e. The fraction of sp³-hybridized carbons (Fsp3) is 0.143. The fourth-order valence-corrected chi connectivity index (χ4v) is 1.55. The van der Waals surface area contributed by atoms with Crippen LogP contribution in [0.15, 0.2) is 12.3 Å². The lowest BCUT2D eigenvalue weighted by Gasteiger charge is -1.90. The van der Waals surface area contributed by atoms with E-state index in [1.54, 1.807) is 6.20 Å². The Balaban J connectivity index is 2.38. The van der Waals surface area contributed by atoms with Gasteiger partial charge in [0.15, 0.2) is 5.69 Å². The zero-order valence-corrected chi connectivity index (χ0v) is 8.02. The topological polar surface area (TPSA) is 80.9 Å². The van der Waals surface area contributed by atoms with Crippen LogP contribution in [0.4, 0.5) is 0 Å². The molecule has 14 heavy (non-hydrogen) atoms. The number of aromatic nitrogens is 4. The molecule has 0 aliphatic rings. The van der Waals surface area contributed by atoms with Gasteiger partial charge in [-0.05, 0) is 13.0 Å². The van der Waals surface area contributed by atoms with E-state index in [0.717, 1.165) is 5.01 Å². The highest BCUT2D eigenvalue weighted by Crippen LogP contribution is 2.12. The van der Waals surface area contributed by atoms with Crippen molar-refractivity contribution in [1.29, 1.82) is 0 Å². The molecule has 2 aromatic heterocycles. The van der Waals surface area contributed by atoms with Gasteiger partial charge < -0.3 is 5.11 Å². The number of hydrogen-bond donors (Lipinski definition) is 1. The maximum Gasteiger partial charge on any atom is 0.356 e. The summed E-state index contributed by atoms with van der Waals surface area (Å²) >= 11 is 1.35. The van der Waals surface area contributed by atoms with Gasteiger partial charge >= 0.3 is 5.97 Å². The number of hydrogen-bond acceptors (Lipinski definition) is 5. The van der Waals surface area contributed by atoms with Crippen molar-refractivity contribution in [3.8, 4) is 5.13 Å². The van der Waals surface area contributed by atoms with Gasteiger partial charge in [-0.15, -0.1) is 10.2 Å². The van der Waals surface area contributed by atoms with Crippen LogP contribution in [-0.2, 0) is 0 Å². The van der Waals surface area contributed by atoms with Crippen molar-refractivity contribution in [2.75, 3.05) is 0 Å². The third-order valence-corrected chi connectivity index (χ3v) is 2.35. The summed E-state index contributed by atoms with van der Waals surface area (Å²) in [5.74, 6) is -1.05. The van der Waals surface area contributed by atoms with Crippen LogP contribution in [0.2, 0.25) is 0 Å². The number of aryl methyl sites for hydroxylation is 1. The maximum atomic E-state index is 10.5. The van der Waals surface area contributed by atoms with Crippen molar-refractivity contribution in [3.05, 3.63) is 23.0 Å². The SMILES string of the molecule is Cc1nnc(-n2ccc(C(=O)O)n2)s1. The molecule has 1 N–H and O–H groups in total. The molecule has 2 rings (SSSR count). The highest BCUT2D eigenvalue weighted by molar-refractivity contribution is 7.13. The Kier molecular flexibility index (Phi) is 2.01. The number of carbonyl (C=O) groups is 1. The van der Waals surface area contributed by atoms with E-state index in [1.165, 1.54) is 22.1 Å². The number of rotatable bonds is 2. The van der Waals surface area contributed by atoms with Gasteiger partial charge in [-0.1, -0.05) is 11.3 Å². The molecule has 0 aromatic carbocycles. The minimum atomic E-state index is -1.05. The predicted octanol–water partition coefficient (Wildman–Crippen LogP) is 0.730. The summed E-state index contributed by atoms with van der Waals surface area (Å²) in [6.07, 6.45) is 1.55. The Morgan fingerprint density at radius 3 is 2.86 bits per heavy atom. The van der Waals surface area contributed by atoms with Crippen LogP contribution < -0.4 is 0 Å². The second kappa shape index (κ2) is 3.18. The lowest BCUT2D eigenvalue weighted by atomic mass is 10.5. The van der Waals surface area contributed by atoms with E-state index < -0.39 is 5.97 Å². The molecular formula is C7H6N4O2S. The summed E-state index contributed by atoms with van der Waals surface area (Å²) < 4.78 is 1.40. The van der Waals surface area contributed by atoms with Gasteiger partial charge in [-0.3, -0.25) is 0 Å². The molecule has 7 heteroatoms. The number of carboxylic acids is 1. The first-order chi connectivity index (χ1) is 6.66. The smallest absolute Gasteiger partial charge is 0.356 e. The Morgan fingerprint density at radius 1 is 1.57 bits per heavy atom. The van der Waals surface area contributed by atoms with E-state index in [4.69, 9.17) is 5.11 Å².